The highest BCUT2D eigenvalue weighted by molar-refractivity contribution is 7.13. The maximum atomic E-state index is 6.23. The number of nitrogens with zero attached hydrogens (tertiary/aromatic N) is 7. The Hall–Kier alpha value is -2.39. The van der Waals surface area contributed by atoms with Crippen LogP contribution in [0.1, 0.15) is 5.56 Å². The second-order valence-electron chi connectivity index (χ2n) is 7.28. The van der Waals surface area contributed by atoms with Crippen LogP contribution in [0.4, 0.5) is 10.9 Å². The highest BCUT2D eigenvalue weighted by Gasteiger charge is 2.20. The molecule has 0 spiro atoms. The van der Waals surface area contributed by atoms with Crippen molar-refractivity contribution >= 4 is 28.2 Å². The number of anilines is 2. The number of piperazine rings is 2. The molecule has 8 nitrogen and oxygen atoms in total. The summed E-state index contributed by atoms with van der Waals surface area (Å²) < 4.78 is 0. The molecule has 0 aromatic carbocycles. The SMILES string of the molecule is CN1CCN(c2ccc(CN=C(N)N3CCN(c4nccs4)CC3)cn2)CC1. The first-order valence-corrected chi connectivity index (χ1v) is 10.6. The van der Waals surface area contributed by atoms with E-state index in [1.54, 1.807) is 11.3 Å². The molecule has 2 aliphatic rings. The Balaban J connectivity index is 1.28. The van der Waals surface area contributed by atoms with E-state index >= 15 is 0 Å². The lowest BCUT2D eigenvalue weighted by atomic mass is 10.2. The summed E-state index contributed by atoms with van der Waals surface area (Å²) in [6.07, 6.45) is 3.77. The average molecular weight is 401 g/mol. The van der Waals surface area contributed by atoms with Crippen molar-refractivity contribution in [2.45, 2.75) is 6.54 Å². The zero-order valence-corrected chi connectivity index (χ0v) is 17.2. The standard InChI is InChI=1S/C19H28N8S/c1-24-5-7-25(8-6-24)17-3-2-16(14-22-17)15-23-18(20)26-9-11-27(12-10-26)19-21-4-13-28-19/h2-4,13-14H,5-12,15H2,1H3,(H2,20,23). The molecule has 2 aromatic heterocycles. The molecule has 2 fully saturated rings. The summed E-state index contributed by atoms with van der Waals surface area (Å²) in [6, 6.07) is 4.21. The average Bonchev–Trinajstić information content (AvgIpc) is 3.28. The first-order chi connectivity index (χ1) is 13.7. The van der Waals surface area contributed by atoms with Crippen LogP contribution in [0.2, 0.25) is 0 Å². The van der Waals surface area contributed by atoms with Gasteiger partial charge in [-0.3, -0.25) is 0 Å². The molecule has 28 heavy (non-hydrogen) atoms. The van der Waals surface area contributed by atoms with E-state index in [1.165, 1.54) is 0 Å². The van der Waals surface area contributed by atoms with Crippen molar-refractivity contribution in [3.05, 3.63) is 35.5 Å². The largest absolute Gasteiger partial charge is 0.370 e. The number of hydrogen-bond acceptors (Lipinski definition) is 7. The van der Waals surface area contributed by atoms with Crippen molar-refractivity contribution < 1.29 is 0 Å². The van der Waals surface area contributed by atoms with Crippen molar-refractivity contribution in [2.24, 2.45) is 10.7 Å². The number of thiazole rings is 1. The molecule has 4 rings (SSSR count). The molecule has 0 bridgehead atoms. The number of hydrogen-bond donors (Lipinski definition) is 1. The fourth-order valence-corrected chi connectivity index (χ4v) is 4.20. The number of guanidine groups is 1. The van der Waals surface area contributed by atoms with Gasteiger partial charge in [-0.2, -0.15) is 0 Å². The Bertz CT molecular complexity index is 760. The zero-order chi connectivity index (χ0) is 19.3. The maximum Gasteiger partial charge on any atom is 0.191 e. The third kappa shape index (κ3) is 4.53. The first-order valence-electron chi connectivity index (χ1n) is 9.77. The highest BCUT2D eigenvalue weighted by atomic mass is 32.1. The summed E-state index contributed by atoms with van der Waals surface area (Å²) in [5.41, 5.74) is 7.32. The van der Waals surface area contributed by atoms with Gasteiger partial charge >= 0.3 is 0 Å². The van der Waals surface area contributed by atoms with Gasteiger partial charge < -0.3 is 25.3 Å². The quantitative estimate of drug-likeness (QED) is 0.604. The Morgan fingerprint density at radius 3 is 2.43 bits per heavy atom. The fourth-order valence-electron chi connectivity index (χ4n) is 3.50. The third-order valence-electron chi connectivity index (χ3n) is 5.35. The third-order valence-corrected chi connectivity index (χ3v) is 6.19. The van der Waals surface area contributed by atoms with Crippen LogP contribution in [0.25, 0.3) is 0 Å². The lowest BCUT2D eigenvalue weighted by Crippen LogP contribution is -2.51. The minimum Gasteiger partial charge on any atom is -0.370 e. The van der Waals surface area contributed by atoms with E-state index in [1.807, 2.05) is 17.8 Å². The molecule has 2 N–H and O–H groups in total. The summed E-state index contributed by atoms with van der Waals surface area (Å²) in [4.78, 5) is 22.7. The number of rotatable bonds is 4. The van der Waals surface area contributed by atoms with Crippen molar-refractivity contribution in [1.82, 2.24) is 19.8 Å². The van der Waals surface area contributed by atoms with Crippen molar-refractivity contribution in [3.8, 4) is 0 Å². The van der Waals surface area contributed by atoms with E-state index < -0.39 is 0 Å². The summed E-state index contributed by atoms with van der Waals surface area (Å²) in [5, 5.41) is 3.10. The molecule has 2 aromatic rings. The van der Waals surface area contributed by atoms with Gasteiger partial charge in [0.25, 0.3) is 0 Å². The van der Waals surface area contributed by atoms with E-state index in [0.717, 1.165) is 68.9 Å². The van der Waals surface area contributed by atoms with E-state index in [0.29, 0.717) is 12.5 Å². The molecule has 0 saturated carbocycles. The molecule has 0 aliphatic carbocycles. The zero-order valence-electron chi connectivity index (χ0n) is 16.4. The van der Waals surface area contributed by atoms with Gasteiger partial charge in [0.2, 0.25) is 0 Å². The summed E-state index contributed by atoms with van der Waals surface area (Å²) >= 11 is 1.68. The van der Waals surface area contributed by atoms with Crippen molar-refractivity contribution in [1.29, 1.82) is 0 Å². The van der Waals surface area contributed by atoms with Crippen LogP contribution >= 0.6 is 11.3 Å². The predicted octanol–water partition coefficient (Wildman–Crippen LogP) is 0.927. The Morgan fingerprint density at radius 1 is 1.04 bits per heavy atom. The van der Waals surface area contributed by atoms with Crippen LogP contribution in [0.3, 0.4) is 0 Å². The number of pyridine rings is 1. The smallest absolute Gasteiger partial charge is 0.191 e. The molecule has 2 saturated heterocycles. The van der Waals surface area contributed by atoms with E-state index in [-0.39, 0.29) is 0 Å². The van der Waals surface area contributed by atoms with Crippen LogP contribution in [-0.4, -0.2) is 85.1 Å². The van der Waals surface area contributed by atoms with E-state index in [2.05, 4.69) is 53.7 Å². The van der Waals surface area contributed by atoms with Crippen LogP contribution in [0.5, 0.6) is 0 Å². The lowest BCUT2D eigenvalue weighted by molar-refractivity contribution is 0.312. The summed E-state index contributed by atoms with van der Waals surface area (Å²) in [7, 11) is 2.16. The molecule has 150 valence electrons. The predicted molar refractivity (Wildman–Crippen MR) is 115 cm³/mol. The maximum absolute atomic E-state index is 6.23. The summed E-state index contributed by atoms with van der Waals surface area (Å²) in [5.74, 6) is 1.66. The molecule has 4 heterocycles. The molecular weight excluding hydrogens is 372 g/mol. The second kappa shape index (κ2) is 8.74. The molecule has 0 atom stereocenters. The van der Waals surface area contributed by atoms with Crippen molar-refractivity contribution in [3.63, 3.8) is 0 Å². The minimum atomic E-state index is 0.564. The van der Waals surface area contributed by atoms with E-state index in [4.69, 9.17) is 5.73 Å². The van der Waals surface area contributed by atoms with Gasteiger partial charge in [0.05, 0.1) is 6.54 Å². The number of likely N-dealkylation sites (N-methyl/N-ethyl adjacent to an activating group) is 1. The normalized spacial score (nSPS) is 19.3. The van der Waals surface area contributed by atoms with Crippen molar-refractivity contribution in [2.75, 3.05) is 69.2 Å². The Kier molecular flexibility index (Phi) is 5.92. The number of aliphatic imine (C=N–C) groups is 1. The number of nitrogens with two attached hydrogens (primary N) is 1. The first kappa shape index (κ1) is 18.9. The molecule has 2 aliphatic heterocycles. The van der Waals surface area contributed by atoms with Gasteiger partial charge in [-0.15, -0.1) is 11.3 Å². The summed E-state index contributed by atoms with van der Waals surface area (Å²) in [6.45, 7) is 8.37. The monoisotopic (exact) mass is 400 g/mol. The highest BCUT2D eigenvalue weighted by Crippen LogP contribution is 2.19. The Labute approximate surface area is 170 Å². The lowest BCUT2D eigenvalue weighted by Gasteiger charge is -2.35. The molecule has 0 unspecified atom stereocenters. The molecule has 9 heteroatoms. The topological polar surface area (TPSA) is 77.1 Å². The van der Waals surface area contributed by atoms with Gasteiger partial charge in [-0.1, -0.05) is 6.07 Å². The second-order valence-corrected chi connectivity index (χ2v) is 8.15. The van der Waals surface area contributed by atoms with Gasteiger partial charge in [0.1, 0.15) is 5.82 Å². The van der Waals surface area contributed by atoms with Gasteiger partial charge in [-0.25, -0.2) is 15.0 Å². The van der Waals surface area contributed by atoms with Crippen LogP contribution < -0.4 is 15.5 Å². The number of aromatic nitrogens is 2. The molecular formula is C19H28N8S. The van der Waals surface area contributed by atoms with E-state index in [9.17, 15) is 0 Å². The fraction of sp³-hybridized carbons (Fsp3) is 0.526. The van der Waals surface area contributed by atoms with Crippen LogP contribution in [-0.2, 0) is 6.54 Å². The molecule has 0 amide bonds. The van der Waals surface area contributed by atoms with Gasteiger partial charge in [0.15, 0.2) is 11.1 Å². The minimum absolute atomic E-state index is 0.564. The van der Waals surface area contributed by atoms with Gasteiger partial charge in [-0.05, 0) is 18.7 Å². The Morgan fingerprint density at radius 2 is 1.79 bits per heavy atom. The van der Waals surface area contributed by atoms with Gasteiger partial charge in [0, 0.05) is 70.1 Å². The van der Waals surface area contributed by atoms with Crippen LogP contribution in [0, 0.1) is 0 Å². The van der Waals surface area contributed by atoms with Crippen LogP contribution in [0.15, 0.2) is 34.9 Å². The molecule has 0 radical (unpaired) electrons.